The first kappa shape index (κ1) is 24.7. The number of aromatic nitrogens is 1. The number of thiocarbonyl (C=S) groups is 1. The van der Waals surface area contributed by atoms with Gasteiger partial charge in [0.15, 0.2) is 16.5 Å². The second kappa shape index (κ2) is 10.6. The third kappa shape index (κ3) is 5.74. The number of halogens is 1. The Hall–Kier alpha value is -3.94. The van der Waals surface area contributed by atoms with Gasteiger partial charge >= 0.3 is 0 Å². The average molecular weight is 530 g/mol. The molecule has 0 atom stereocenters. The van der Waals surface area contributed by atoms with Crippen LogP contribution in [0, 0.1) is 0 Å². The first-order valence-electron chi connectivity index (χ1n) is 11.8. The molecule has 0 saturated heterocycles. The molecule has 8 heteroatoms. The van der Waals surface area contributed by atoms with Crippen LogP contribution in [0.15, 0.2) is 87.7 Å². The van der Waals surface area contributed by atoms with Gasteiger partial charge in [-0.3, -0.25) is 10.1 Å². The minimum absolute atomic E-state index is 0.164. The summed E-state index contributed by atoms with van der Waals surface area (Å²) in [4.78, 5) is 17.2. The molecule has 2 aromatic heterocycles. The smallest absolute Gasteiger partial charge is 0.293 e. The lowest BCUT2D eigenvalue weighted by molar-refractivity contribution is 0.0950. The summed E-state index contributed by atoms with van der Waals surface area (Å²) in [6, 6.07) is 24.5. The minimum Gasteiger partial charge on any atom is -0.451 e. The zero-order chi connectivity index (χ0) is 25.9. The summed E-state index contributed by atoms with van der Waals surface area (Å²) in [6.07, 6.45) is 0. The van der Waals surface area contributed by atoms with E-state index in [2.05, 4.69) is 41.6 Å². The lowest BCUT2D eigenvalue weighted by atomic mass is 10.0. The number of oxazole rings is 1. The Labute approximate surface area is 224 Å². The first-order valence-corrected chi connectivity index (χ1v) is 12.6. The molecule has 0 aliphatic carbocycles. The van der Waals surface area contributed by atoms with Crippen LogP contribution in [0.5, 0.6) is 0 Å². The average Bonchev–Trinajstić information content (AvgIpc) is 3.55. The molecule has 2 heterocycles. The topological polar surface area (TPSA) is 80.3 Å². The molecule has 37 heavy (non-hydrogen) atoms. The molecule has 0 saturated carbocycles. The maximum Gasteiger partial charge on any atom is 0.293 e. The highest BCUT2D eigenvalue weighted by molar-refractivity contribution is 7.80. The van der Waals surface area contributed by atoms with E-state index in [-0.39, 0.29) is 10.9 Å². The van der Waals surface area contributed by atoms with Gasteiger partial charge in [0.25, 0.3) is 5.91 Å². The van der Waals surface area contributed by atoms with Crippen molar-refractivity contribution in [3.8, 4) is 22.8 Å². The zero-order valence-electron chi connectivity index (χ0n) is 20.2. The van der Waals surface area contributed by atoms with Crippen molar-refractivity contribution in [1.29, 1.82) is 0 Å². The van der Waals surface area contributed by atoms with Crippen LogP contribution >= 0.6 is 23.8 Å². The van der Waals surface area contributed by atoms with Crippen LogP contribution in [0.4, 0.5) is 0 Å². The SMILES string of the molecule is CC(C)c1ccc2oc(-c3ccc(CNC(=S)NC(=O)c4ccc(-c5ccc(Cl)cc5)o4)cc3)nc2c1. The summed E-state index contributed by atoms with van der Waals surface area (Å²) in [5, 5.41) is 6.53. The molecule has 0 fully saturated rings. The predicted octanol–water partition coefficient (Wildman–Crippen LogP) is 7.34. The Morgan fingerprint density at radius 3 is 2.41 bits per heavy atom. The van der Waals surface area contributed by atoms with Gasteiger partial charge in [-0.1, -0.05) is 43.6 Å². The summed E-state index contributed by atoms with van der Waals surface area (Å²) in [5.41, 5.74) is 5.54. The van der Waals surface area contributed by atoms with Gasteiger partial charge in [0, 0.05) is 22.7 Å². The number of carbonyl (C=O) groups is 1. The van der Waals surface area contributed by atoms with Gasteiger partial charge in [-0.25, -0.2) is 4.98 Å². The van der Waals surface area contributed by atoms with Crippen LogP contribution in [0.3, 0.4) is 0 Å². The Morgan fingerprint density at radius 1 is 0.946 bits per heavy atom. The van der Waals surface area contributed by atoms with Crippen molar-refractivity contribution in [3.63, 3.8) is 0 Å². The van der Waals surface area contributed by atoms with E-state index in [1.54, 1.807) is 24.3 Å². The second-order valence-electron chi connectivity index (χ2n) is 8.91. The van der Waals surface area contributed by atoms with Crippen molar-refractivity contribution in [2.75, 3.05) is 0 Å². The van der Waals surface area contributed by atoms with Crippen LogP contribution in [-0.2, 0) is 6.54 Å². The maximum absolute atomic E-state index is 12.5. The number of fused-ring (bicyclic) bond motifs is 1. The van der Waals surface area contributed by atoms with Crippen LogP contribution in [-0.4, -0.2) is 16.0 Å². The summed E-state index contributed by atoms with van der Waals surface area (Å²) in [5.74, 6) is 1.31. The van der Waals surface area contributed by atoms with E-state index in [4.69, 9.17) is 32.7 Å². The van der Waals surface area contributed by atoms with Crippen LogP contribution < -0.4 is 10.6 Å². The van der Waals surface area contributed by atoms with Gasteiger partial charge in [-0.05, 0) is 89.9 Å². The van der Waals surface area contributed by atoms with E-state index in [0.29, 0.717) is 29.1 Å². The third-order valence-electron chi connectivity index (χ3n) is 5.92. The fourth-order valence-corrected chi connectivity index (χ4v) is 4.10. The van der Waals surface area contributed by atoms with Crippen molar-refractivity contribution in [3.05, 3.63) is 101 Å². The van der Waals surface area contributed by atoms with Gasteiger partial charge in [0.1, 0.15) is 11.3 Å². The normalized spacial score (nSPS) is 11.1. The Morgan fingerprint density at radius 2 is 1.68 bits per heavy atom. The van der Waals surface area contributed by atoms with Crippen molar-refractivity contribution >= 4 is 45.9 Å². The molecular formula is C29H24ClN3O3S. The quantitative estimate of drug-likeness (QED) is 0.224. The number of nitrogens with zero attached hydrogens (tertiary/aromatic N) is 1. The first-order chi connectivity index (χ1) is 17.9. The highest BCUT2D eigenvalue weighted by Crippen LogP contribution is 2.27. The molecule has 6 nitrogen and oxygen atoms in total. The zero-order valence-corrected chi connectivity index (χ0v) is 21.8. The molecule has 0 spiro atoms. The van der Waals surface area contributed by atoms with Gasteiger partial charge in [-0.15, -0.1) is 0 Å². The lowest BCUT2D eigenvalue weighted by Gasteiger charge is -2.09. The molecular weight excluding hydrogens is 506 g/mol. The highest BCUT2D eigenvalue weighted by Gasteiger charge is 2.14. The number of carbonyl (C=O) groups excluding carboxylic acids is 1. The molecule has 0 unspecified atom stereocenters. The molecule has 186 valence electrons. The third-order valence-corrected chi connectivity index (χ3v) is 6.42. The molecule has 0 bridgehead atoms. The largest absolute Gasteiger partial charge is 0.451 e. The predicted molar refractivity (Wildman–Crippen MR) is 150 cm³/mol. The van der Waals surface area contributed by atoms with Gasteiger partial charge < -0.3 is 14.2 Å². The fourth-order valence-electron chi connectivity index (χ4n) is 3.81. The summed E-state index contributed by atoms with van der Waals surface area (Å²) >= 11 is 11.2. The van der Waals surface area contributed by atoms with Crippen LogP contribution in [0.1, 0.15) is 41.4 Å². The molecule has 3 aromatic carbocycles. The van der Waals surface area contributed by atoms with E-state index >= 15 is 0 Å². The number of furan rings is 1. The van der Waals surface area contributed by atoms with Crippen LogP contribution in [0.25, 0.3) is 33.9 Å². The van der Waals surface area contributed by atoms with E-state index in [1.165, 1.54) is 5.56 Å². The number of hydrogen-bond donors (Lipinski definition) is 2. The van der Waals surface area contributed by atoms with E-state index in [0.717, 1.165) is 27.8 Å². The number of nitrogens with one attached hydrogen (secondary N) is 2. The molecule has 2 N–H and O–H groups in total. The Bertz CT molecular complexity index is 1570. The van der Waals surface area contributed by atoms with E-state index < -0.39 is 5.91 Å². The van der Waals surface area contributed by atoms with Crippen molar-refractivity contribution < 1.29 is 13.6 Å². The van der Waals surface area contributed by atoms with Crippen molar-refractivity contribution in [1.82, 2.24) is 15.6 Å². The summed E-state index contributed by atoms with van der Waals surface area (Å²) in [6.45, 7) is 4.75. The second-order valence-corrected chi connectivity index (χ2v) is 9.75. The van der Waals surface area contributed by atoms with Gasteiger partial charge in [0.05, 0.1) is 0 Å². The van der Waals surface area contributed by atoms with Gasteiger partial charge in [0.2, 0.25) is 5.89 Å². The lowest BCUT2D eigenvalue weighted by Crippen LogP contribution is -2.38. The fraction of sp³-hybridized carbons (Fsp3) is 0.138. The molecule has 0 aliphatic heterocycles. The standard InChI is InChI=1S/C29H24ClN3O3S/c1-17(2)21-9-12-25-23(15-21)32-28(36-25)20-5-3-18(4-6-20)16-31-29(37)33-27(34)26-14-13-24(35-26)19-7-10-22(30)11-8-19/h3-15,17H,16H2,1-2H3,(H2,31,33,34,37). The van der Waals surface area contributed by atoms with Crippen LogP contribution in [0.2, 0.25) is 5.02 Å². The van der Waals surface area contributed by atoms with E-state index in [1.807, 2.05) is 42.5 Å². The number of benzene rings is 3. The van der Waals surface area contributed by atoms with Crippen molar-refractivity contribution in [2.24, 2.45) is 0 Å². The monoisotopic (exact) mass is 529 g/mol. The number of rotatable bonds is 6. The summed E-state index contributed by atoms with van der Waals surface area (Å²) in [7, 11) is 0. The minimum atomic E-state index is -0.426. The Kier molecular flexibility index (Phi) is 7.08. The molecule has 0 radical (unpaired) electrons. The molecule has 1 amide bonds. The molecule has 0 aliphatic rings. The maximum atomic E-state index is 12.5. The highest BCUT2D eigenvalue weighted by atomic mass is 35.5. The molecule has 5 aromatic rings. The van der Waals surface area contributed by atoms with Crippen molar-refractivity contribution in [2.45, 2.75) is 26.3 Å². The van der Waals surface area contributed by atoms with Gasteiger partial charge in [-0.2, -0.15) is 0 Å². The summed E-state index contributed by atoms with van der Waals surface area (Å²) < 4.78 is 11.6. The Balaban J connectivity index is 1.17. The number of hydrogen-bond acceptors (Lipinski definition) is 5. The number of amides is 1. The molecule has 5 rings (SSSR count). The van der Waals surface area contributed by atoms with E-state index in [9.17, 15) is 4.79 Å².